The van der Waals surface area contributed by atoms with Gasteiger partial charge in [-0.15, -0.1) is 0 Å². The number of sulfonamides is 1. The van der Waals surface area contributed by atoms with E-state index < -0.39 is 20.4 Å². The Labute approximate surface area is 229 Å². The van der Waals surface area contributed by atoms with Gasteiger partial charge in [0.1, 0.15) is 0 Å². The SMILES string of the molecule is CC(C)(C)NS(=O)(=O)c1ccc(C2(Cl)C(=O)N(Cc3ccc(N4CCOCC4)cc3)c3ccccc32)cc1. The number of para-hydroxylation sites is 1. The fourth-order valence-electron chi connectivity index (χ4n) is 4.99. The van der Waals surface area contributed by atoms with E-state index in [-0.39, 0.29) is 10.8 Å². The molecular formula is C29H32ClN3O4S. The Morgan fingerprint density at radius 1 is 0.947 bits per heavy atom. The largest absolute Gasteiger partial charge is 0.378 e. The van der Waals surface area contributed by atoms with Crippen LogP contribution in [0.25, 0.3) is 0 Å². The molecule has 1 saturated heterocycles. The molecule has 0 spiro atoms. The Kier molecular flexibility index (Phi) is 7.02. The van der Waals surface area contributed by atoms with Crippen molar-refractivity contribution in [2.45, 2.75) is 42.6 Å². The van der Waals surface area contributed by atoms with Crippen molar-refractivity contribution in [2.75, 3.05) is 36.1 Å². The first kappa shape index (κ1) is 26.7. The van der Waals surface area contributed by atoms with Crippen LogP contribution in [0.5, 0.6) is 0 Å². The molecule has 3 aromatic carbocycles. The quantitative estimate of drug-likeness (QED) is 0.450. The van der Waals surface area contributed by atoms with E-state index in [1.807, 2.05) is 36.4 Å². The molecule has 0 aromatic heterocycles. The van der Waals surface area contributed by atoms with Crippen LogP contribution in [0, 0.1) is 0 Å². The highest BCUT2D eigenvalue weighted by molar-refractivity contribution is 7.89. The van der Waals surface area contributed by atoms with Gasteiger partial charge in [-0.05, 0) is 62.2 Å². The van der Waals surface area contributed by atoms with Crippen LogP contribution in [-0.4, -0.2) is 46.2 Å². The van der Waals surface area contributed by atoms with Crippen LogP contribution in [0.15, 0.2) is 77.7 Å². The Morgan fingerprint density at radius 2 is 1.58 bits per heavy atom. The smallest absolute Gasteiger partial charge is 0.257 e. The predicted molar refractivity (Wildman–Crippen MR) is 150 cm³/mol. The molecule has 1 atom stereocenters. The Balaban J connectivity index is 1.42. The van der Waals surface area contributed by atoms with Crippen LogP contribution in [0.2, 0.25) is 0 Å². The fourth-order valence-corrected chi connectivity index (χ4v) is 6.80. The van der Waals surface area contributed by atoms with E-state index in [0.717, 1.165) is 43.2 Å². The fraction of sp³-hybridized carbons (Fsp3) is 0.345. The number of amides is 1. The summed E-state index contributed by atoms with van der Waals surface area (Å²) in [5.41, 5.74) is 3.45. The number of morpholine rings is 1. The second-order valence-corrected chi connectivity index (χ2v) is 13.0. The van der Waals surface area contributed by atoms with Crippen molar-refractivity contribution in [3.8, 4) is 0 Å². The van der Waals surface area contributed by atoms with Gasteiger partial charge in [0.25, 0.3) is 5.91 Å². The summed E-state index contributed by atoms with van der Waals surface area (Å²) in [6.07, 6.45) is 0. The molecule has 1 N–H and O–H groups in total. The van der Waals surface area contributed by atoms with E-state index >= 15 is 0 Å². The zero-order valence-electron chi connectivity index (χ0n) is 21.8. The Morgan fingerprint density at radius 3 is 2.21 bits per heavy atom. The Bertz CT molecular complexity index is 1430. The molecule has 5 rings (SSSR count). The molecule has 3 aromatic rings. The number of carbonyl (C=O) groups excluding carboxylic acids is 1. The Hall–Kier alpha value is -2.91. The van der Waals surface area contributed by atoms with Gasteiger partial charge in [-0.2, -0.15) is 0 Å². The molecule has 9 heteroatoms. The number of alkyl halides is 1. The van der Waals surface area contributed by atoms with Gasteiger partial charge in [-0.1, -0.05) is 54.1 Å². The van der Waals surface area contributed by atoms with Crippen molar-refractivity contribution in [3.63, 3.8) is 0 Å². The number of carbonyl (C=O) groups is 1. The second-order valence-electron chi connectivity index (χ2n) is 10.7. The van der Waals surface area contributed by atoms with Crippen LogP contribution < -0.4 is 14.5 Å². The van der Waals surface area contributed by atoms with Gasteiger partial charge in [-0.25, -0.2) is 13.1 Å². The summed E-state index contributed by atoms with van der Waals surface area (Å²) in [6, 6.07) is 22.0. The van der Waals surface area contributed by atoms with Crippen molar-refractivity contribution in [3.05, 3.63) is 89.5 Å². The van der Waals surface area contributed by atoms with E-state index in [1.165, 1.54) is 12.1 Å². The average molecular weight is 554 g/mol. The average Bonchev–Trinajstić information content (AvgIpc) is 3.11. The van der Waals surface area contributed by atoms with Gasteiger partial charge < -0.3 is 14.5 Å². The maximum Gasteiger partial charge on any atom is 0.257 e. The van der Waals surface area contributed by atoms with Crippen molar-refractivity contribution in [1.29, 1.82) is 0 Å². The van der Waals surface area contributed by atoms with Crippen LogP contribution in [0.3, 0.4) is 0 Å². The molecular weight excluding hydrogens is 522 g/mol. The highest BCUT2D eigenvalue weighted by atomic mass is 35.5. The summed E-state index contributed by atoms with van der Waals surface area (Å²) >= 11 is 7.16. The predicted octanol–water partition coefficient (Wildman–Crippen LogP) is 4.63. The van der Waals surface area contributed by atoms with Crippen molar-refractivity contribution < 1.29 is 17.9 Å². The number of nitrogens with zero attached hydrogens (tertiary/aromatic N) is 2. The molecule has 2 aliphatic heterocycles. The first-order valence-corrected chi connectivity index (χ1v) is 14.5. The zero-order valence-corrected chi connectivity index (χ0v) is 23.3. The van der Waals surface area contributed by atoms with E-state index in [4.69, 9.17) is 16.3 Å². The first-order valence-electron chi connectivity index (χ1n) is 12.7. The maximum absolute atomic E-state index is 13.9. The number of benzene rings is 3. The maximum atomic E-state index is 13.9. The summed E-state index contributed by atoms with van der Waals surface area (Å²) < 4.78 is 33.6. The van der Waals surface area contributed by atoms with Gasteiger partial charge in [0.15, 0.2) is 4.87 Å². The third-order valence-corrected chi connectivity index (χ3v) is 9.12. The minimum absolute atomic E-state index is 0.118. The van der Waals surface area contributed by atoms with Crippen LogP contribution in [0.4, 0.5) is 11.4 Å². The molecule has 0 aliphatic carbocycles. The molecule has 7 nitrogen and oxygen atoms in total. The van der Waals surface area contributed by atoms with Crippen LogP contribution in [-0.2, 0) is 31.0 Å². The summed E-state index contributed by atoms with van der Waals surface area (Å²) in [5, 5.41) is 0. The van der Waals surface area contributed by atoms with Crippen molar-refractivity contribution in [1.82, 2.24) is 4.72 Å². The number of halogens is 1. The molecule has 2 aliphatic rings. The lowest BCUT2D eigenvalue weighted by Crippen LogP contribution is -2.40. The minimum Gasteiger partial charge on any atom is -0.378 e. The van der Waals surface area contributed by atoms with Crippen LogP contribution in [0.1, 0.15) is 37.5 Å². The second kappa shape index (κ2) is 10.0. The number of hydrogen-bond acceptors (Lipinski definition) is 5. The van der Waals surface area contributed by atoms with Gasteiger partial charge in [-0.3, -0.25) is 4.79 Å². The topological polar surface area (TPSA) is 79.0 Å². The summed E-state index contributed by atoms with van der Waals surface area (Å²) in [5.74, 6) is -0.263. The van der Waals surface area contributed by atoms with Gasteiger partial charge in [0.05, 0.1) is 24.7 Å². The van der Waals surface area contributed by atoms with E-state index in [1.54, 1.807) is 37.8 Å². The number of rotatable bonds is 6. The van der Waals surface area contributed by atoms with Crippen molar-refractivity contribution in [2.24, 2.45) is 0 Å². The summed E-state index contributed by atoms with van der Waals surface area (Å²) in [4.78, 5) is 16.6. The van der Waals surface area contributed by atoms with Gasteiger partial charge >= 0.3 is 0 Å². The minimum atomic E-state index is -3.71. The standard InChI is InChI=1S/C29H32ClN3O4S/c1-28(2,3)31-38(35,36)24-14-10-22(11-15-24)29(30)25-6-4-5-7-26(25)33(27(29)34)20-21-8-12-23(13-9-21)32-16-18-37-19-17-32/h4-15,31H,16-20H2,1-3H3. The lowest BCUT2D eigenvalue weighted by molar-refractivity contribution is -0.119. The molecule has 0 radical (unpaired) electrons. The number of ether oxygens (including phenoxy) is 1. The van der Waals surface area contributed by atoms with E-state index in [0.29, 0.717) is 17.7 Å². The molecule has 2 heterocycles. The molecule has 1 fully saturated rings. The van der Waals surface area contributed by atoms with Crippen molar-refractivity contribution >= 4 is 38.9 Å². The molecule has 0 saturated carbocycles. The number of fused-ring (bicyclic) bond motifs is 1. The third-order valence-electron chi connectivity index (χ3n) is 6.76. The van der Waals surface area contributed by atoms with E-state index in [2.05, 4.69) is 21.8 Å². The lowest BCUT2D eigenvalue weighted by Gasteiger charge is -2.29. The lowest BCUT2D eigenvalue weighted by atomic mass is 9.91. The molecule has 0 bridgehead atoms. The van der Waals surface area contributed by atoms with Gasteiger partial charge in [0.2, 0.25) is 10.0 Å². The number of hydrogen-bond donors (Lipinski definition) is 1. The molecule has 200 valence electrons. The molecule has 1 amide bonds. The number of anilines is 2. The van der Waals surface area contributed by atoms with Gasteiger partial charge in [0, 0.05) is 35.6 Å². The summed E-state index contributed by atoms with van der Waals surface area (Å²) in [6.45, 7) is 8.88. The zero-order chi connectivity index (χ0) is 27.1. The normalized spacial score (nSPS) is 20.1. The van der Waals surface area contributed by atoms with E-state index in [9.17, 15) is 13.2 Å². The molecule has 1 unspecified atom stereocenters. The van der Waals surface area contributed by atoms with Crippen LogP contribution >= 0.6 is 11.6 Å². The molecule has 38 heavy (non-hydrogen) atoms. The monoisotopic (exact) mass is 553 g/mol. The third kappa shape index (κ3) is 5.06. The number of nitrogens with one attached hydrogen (secondary N) is 1. The first-order chi connectivity index (χ1) is 18.0. The highest BCUT2D eigenvalue weighted by Crippen LogP contribution is 2.49. The highest BCUT2D eigenvalue weighted by Gasteiger charge is 2.51. The summed E-state index contributed by atoms with van der Waals surface area (Å²) in [7, 11) is -3.71.